The largest absolute Gasteiger partial charge is 0.466 e. The van der Waals surface area contributed by atoms with Crippen molar-refractivity contribution >= 4 is 23.6 Å². The summed E-state index contributed by atoms with van der Waals surface area (Å²) in [6.45, 7) is 0. The molecule has 0 spiro atoms. The number of nitriles is 1. The maximum Gasteiger partial charge on any atom is 0.355 e. The molecule has 1 unspecified atom stereocenters. The van der Waals surface area contributed by atoms with Crippen molar-refractivity contribution in [2.45, 2.75) is 5.92 Å². The fourth-order valence-electron chi connectivity index (χ4n) is 4.28. The van der Waals surface area contributed by atoms with Crippen LogP contribution in [0.3, 0.4) is 0 Å². The Morgan fingerprint density at radius 3 is 2.15 bits per heavy atom. The van der Waals surface area contributed by atoms with Gasteiger partial charge in [-0.2, -0.15) is 5.26 Å². The summed E-state index contributed by atoms with van der Waals surface area (Å²) in [6, 6.07) is 20.0. The first-order valence-electron chi connectivity index (χ1n) is 11.8. The van der Waals surface area contributed by atoms with Crippen LogP contribution in [0.25, 0.3) is 0 Å². The highest BCUT2D eigenvalue weighted by atomic mass is 16.5. The number of pyridine rings is 1. The summed E-state index contributed by atoms with van der Waals surface area (Å²) < 4.78 is 20.5. The average molecular weight is 541 g/mol. The Hall–Kier alpha value is -5.63. The van der Waals surface area contributed by atoms with E-state index in [1.165, 1.54) is 44.6 Å². The molecule has 2 aromatic carbocycles. The summed E-state index contributed by atoms with van der Waals surface area (Å²) in [4.78, 5) is 43.5. The molecule has 0 amide bonds. The maximum absolute atomic E-state index is 13.2. The summed E-state index contributed by atoms with van der Waals surface area (Å²) in [5, 5.41) is 10.1. The smallest absolute Gasteiger partial charge is 0.355 e. The molecule has 11 nitrogen and oxygen atoms in total. The van der Waals surface area contributed by atoms with E-state index in [4.69, 9.17) is 24.7 Å². The van der Waals surface area contributed by atoms with Gasteiger partial charge >= 0.3 is 17.9 Å². The molecule has 1 atom stereocenters. The lowest BCUT2D eigenvalue weighted by Gasteiger charge is -2.35. The van der Waals surface area contributed by atoms with E-state index in [1.54, 1.807) is 54.6 Å². The van der Waals surface area contributed by atoms with E-state index in [1.807, 2.05) is 0 Å². The molecule has 0 saturated carbocycles. The number of carbonyl (C=O) groups is 3. The summed E-state index contributed by atoms with van der Waals surface area (Å²) in [6.07, 6.45) is 1.41. The second-order valence-electron chi connectivity index (χ2n) is 8.31. The van der Waals surface area contributed by atoms with Crippen molar-refractivity contribution in [2.24, 2.45) is 5.73 Å². The van der Waals surface area contributed by atoms with Gasteiger partial charge in [-0.15, -0.1) is 0 Å². The van der Waals surface area contributed by atoms with Gasteiger partial charge in [-0.1, -0.05) is 30.3 Å². The highest BCUT2D eigenvalue weighted by Crippen LogP contribution is 2.43. The summed E-state index contributed by atoms with van der Waals surface area (Å²) in [5.41, 5.74) is 7.41. The number of anilines is 1. The fourth-order valence-corrected chi connectivity index (χ4v) is 4.28. The maximum atomic E-state index is 13.2. The molecule has 0 fully saturated rings. The lowest BCUT2D eigenvalue weighted by Crippen LogP contribution is -2.40. The highest BCUT2D eigenvalue weighted by molar-refractivity contribution is 6.06. The Balaban J connectivity index is 1.81. The number of rotatable bonds is 7. The molecule has 1 aromatic heterocycles. The second kappa shape index (κ2) is 11.8. The van der Waals surface area contributed by atoms with Crippen molar-refractivity contribution in [3.8, 4) is 17.7 Å². The van der Waals surface area contributed by atoms with E-state index in [9.17, 15) is 19.6 Å². The molecule has 0 bridgehead atoms. The van der Waals surface area contributed by atoms with Crippen LogP contribution in [0.5, 0.6) is 11.6 Å². The number of esters is 3. The van der Waals surface area contributed by atoms with Gasteiger partial charge in [-0.3, -0.25) is 4.90 Å². The lowest BCUT2D eigenvalue weighted by molar-refractivity contribution is -0.139. The zero-order valence-electron chi connectivity index (χ0n) is 21.8. The first kappa shape index (κ1) is 27.4. The molecule has 0 saturated heterocycles. The molecule has 40 heavy (non-hydrogen) atoms. The van der Waals surface area contributed by atoms with Crippen LogP contribution in [-0.2, 0) is 23.8 Å². The minimum Gasteiger partial charge on any atom is -0.466 e. The minimum atomic E-state index is -0.972. The standard InChI is InChI=1S/C29H24N4O7/c1-37-27(34)18-13-14-32-22(15-18)40-20-11-9-19(10-12-20)33-25(29(36)39-3)24(28(35)38-2)23(21(16-30)26(33)31)17-7-5-4-6-8-17/h4-15,23H,31H2,1-3H3. The van der Waals surface area contributed by atoms with Gasteiger partial charge in [0.25, 0.3) is 0 Å². The number of methoxy groups -OCH3 is 3. The predicted octanol–water partition coefficient (Wildman–Crippen LogP) is 3.56. The normalized spacial score (nSPS) is 14.8. The van der Waals surface area contributed by atoms with Gasteiger partial charge in [-0.25, -0.2) is 19.4 Å². The molecular formula is C29H24N4O7. The van der Waals surface area contributed by atoms with Crippen molar-refractivity contribution in [3.63, 3.8) is 0 Å². The summed E-state index contributed by atoms with van der Waals surface area (Å²) in [7, 11) is 3.62. The number of hydrogen-bond donors (Lipinski definition) is 1. The number of nitrogens with two attached hydrogens (primary N) is 1. The molecule has 1 aliphatic heterocycles. The number of nitrogens with zero attached hydrogens (tertiary/aromatic N) is 3. The topological polar surface area (TPSA) is 154 Å². The molecule has 0 radical (unpaired) electrons. The average Bonchev–Trinajstić information content (AvgIpc) is 3.00. The van der Waals surface area contributed by atoms with E-state index in [0.29, 0.717) is 17.0 Å². The zero-order chi connectivity index (χ0) is 28.8. The SMILES string of the molecule is COC(=O)C1=C(C(=O)OC)N(c2ccc(Oc3cc(C(=O)OC)ccn3)cc2)C(N)=C(C#N)C1c1ccccc1. The molecule has 1 aliphatic rings. The molecular weight excluding hydrogens is 516 g/mol. The molecule has 202 valence electrons. The number of allylic oxidation sites excluding steroid dienone is 1. The Morgan fingerprint density at radius 2 is 1.55 bits per heavy atom. The van der Waals surface area contributed by atoms with Crippen LogP contribution >= 0.6 is 0 Å². The van der Waals surface area contributed by atoms with Gasteiger partial charge in [0, 0.05) is 18.0 Å². The Bertz CT molecular complexity index is 1560. The van der Waals surface area contributed by atoms with E-state index in [0.717, 1.165) is 0 Å². The second-order valence-corrected chi connectivity index (χ2v) is 8.31. The van der Waals surface area contributed by atoms with E-state index >= 15 is 0 Å². The van der Waals surface area contributed by atoms with Crippen LogP contribution in [0.2, 0.25) is 0 Å². The molecule has 2 heterocycles. The number of carbonyl (C=O) groups excluding carboxylic acids is 3. The van der Waals surface area contributed by atoms with Crippen LogP contribution in [-0.4, -0.2) is 44.2 Å². The van der Waals surface area contributed by atoms with Crippen molar-refractivity contribution in [3.05, 3.63) is 107 Å². The summed E-state index contributed by atoms with van der Waals surface area (Å²) in [5.74, 6) is -2.77. The quantitative estimate of drug-likeness (QED) is 0.345. The summed E-state index contributed by atoms with van der Waals surface area (Å²) >= 11 is 0. The minimum absolute atomic E-state index is 0.0448. The van der Waals surface area contributed by atoms with Gasteiger partial charge in [0.15, 0.2) is 0 Å². The fraction of sp³-hybridized carbons (Fsp3) is 0.138. The van der Waals surface area contributed by atoms with Crippen molar-refractivity contribution in [1.29, 1.82) is 5.26 Å². The number of hydrogen-bond acceptors (Lipinski definition) is 11. The Labute approximate surface area is 229 Å². The number of aromatic nitrogens is 1. The predicted molar refractivity (Wildman–Crippen MR) is 142 cm³/mol. The number of ether oxygens (including phenoxy) is 4. The van der Waals surface area contributed by atoms with Crippen LogP contribution in [0.4, 0.5) is 5.69 Å². The van der Waals surface area contributed by atoms with Crippen molar-refractivity contribution < 1.29 is 33.3 Å². The van der Waals surface area contributed by atoms with Gasteiger partial charge < -0.3 is 24.7 Å². The van der Waals surface area contributed by atoms with Crippen LogP contribution in [0, 0.1) is 11.3 Å². The van der Waals surface area contributed by atoms with E-state index in [2.05, 4.69) is 11.1 Å². The highest BCUT2D eigenvalue weighted by Gasteiger charge is 2.42. The number of benzene rings is 2. The molecule has 2 N–H and O–H groups in total. The van der Waals surface area contributed by atoms with Gasteiger partial charge in [0.05, 0.1) is 50.0 Å². The molecule has 3 aromatic rings. The van der Waals surface area contributed by atoms with Crippen molar-refractivity contribution in [2.75, 3.05) is 26.2 Å². The van der Waals surface area contributed by atoms with Crippen LogP contribution < -0.4 is 15.4 Å². The van der Waals surface area contributed by atoms with E-state index < -0.39 is 23.8 Å². The van der Waals surface area contributed by atoms with Crippen molar-refractivity contribution in [1.82, 2.24) is 4.98 Å². The molecule has 4 rings (SSSR count). The van der Waals surface area contributed by atoms with Crippen LogP contribution in [0.15, 0.2) is 95.6 Å². The Kier molecular flexibility index (Phi) is 8.10. The third kappa shape index (κ3) is 5.19. The van der Waals surface area contributed by atoms with Gasteiger partial charge in [-0.05, 0) is 35.9 Å². The lowest BCUT2D eigenvalue weighted by atomic mass is 9.81. The first-order chi connectivity index (χ1) is 19.3. The van der Waals surface area contributed by atoms with E-state index in [-0.39, 0.29) is 34.1 Å². The third-order valence-corrected chi connectivity index (χ3v) is 6.08. The van der Waals surface area contributed by atoms with Gasteiger partial charge in [0.1, 0.15) is 17.3 Å². The monoisotopic (exact) mass is 540 g/mol. The first-order valence-corrected chi connectivity index (χ1v) is 11.8. The molecule has 0 aliphatic carbocycles. The third-order valence-electron chi connectivity index (χ3n) is 6.08. The Morgan fingerprint density at radius 1 is 0.900 bits per heavy atom. The molecule has 11 heteroatoms. The zero-order valence-corrected chi connectivity index (χ0v) is 21.8. The van der Waals surface area contributed by atoms with Crippen LogP contribution in [0.1, 0.15) is 21.8 Å². The van der Waals surface area contributed by atoms with Gasteiger partial charge in [0.2, 0.25) is 5.88 Å².